The molecule has 2 rings (SSSR count). The van der Waals surface area contributed by atoms with Gasteiger partial charge in [-0.3, -0.25) is 4.79 Å². The molecule has 0 aliphatic heterocycles. The Morgan fingerprint density at radius 2 is 1.80 bits per heavy atom. The standard InChI is InChI=1S/C16H13Cl2NO/c1-11-2-4-12(5-3-11)6-9-16(20)19-15-10-13(17)7-8-14(15)18/h2-10H,1H3,(H,19,20)/b9-6+. The minimum absolute atomic E-state index is 0.255. The molecule has 0 radical (unpaired) electrons. The van der Waals surface area contributed by atoms with Crippen LogP contribution in [0.4, 0.5) is 5.69 Å². The zero-order chi connectivity index (χ0) is 14.5. The lowest BCUT2D eigenvalue weighted by molar-refractivity contribution is -0.111. The number of rotatable bonds is 3. The van der Waals surface area contributed by atoms with Crippen LogP contribution in [0.15, 0.2) is 48.5 Å². The second kappa shape index (κ2) is 6.60. The van der Waals surface area contributed by atoms with E-state index in [0.29, 0.717) is 15.7 Å². The van der Waals surface area contributed by atoms with Crippen LogP contribution in [0.1, 0.15) is 11.1 Å². The fourth-order valence-electron chi connectivity index (χ4n) is 1.62. The first-order valence-electron chi connectivity index (χ1n) is 6.05. The first kappa shape index (κ1) is 14.6. The zero-order valence-corrected chi connectivity index (χ0v) is 12.4. The molecular weight excluding hydrogens is 293 g/mol. The van der Waals surface area contributed by atoms with Gasteiger partial charge in [-0.05, 0) is 36.8 Å². The van der Waals surface area contributed by atoms with Crippen LogP contribution in [0.3, 0.4) is 0 Å². The van der Waals surface area contributed by atoms with E-state index in [9.17, 15) is 4.79 Å². The maximum Gasteiger partial charge on any atom is 0.248 e. The maximum atomic E-state index is 11.8. The third-order valence-corrected chi connectivity index (χ3v) is 3.26. The summed E-state index contributed by atoms with van der Waals surface area (Å²) >= 11 is 11.8. The molecule has 0 fully saturated rings. The molecule has 102 valence electrons. The van der Waals surface area contributed by atoms with Crippen LogP contribution in [-0.4, -0.2) is 5.91 Å². The number of carbonyl (C=O) groups is 1. The van der Waals surface area contributed by atoms with Gasteiger partial charge in [-0.25, -0.2) is 0 Å². The Hall–Kier alpha value is -1.77. The van der Waals surface area contributed by atoms with Crippen molar-refractivity contribution in [3.63, 3.8) is 0 Å². The lowest BCUT2D eigenvalue weighted by Crippen LogP contribution is -2.08. The van der Waals surface area contributed by atoms with Crippen molar-refractivity contribution in [2.24, 2.45) is 0 Å². The monoisotopic (exact) mass is 305 g/mol. The number of anilines is 1. The Kier molecular flexibility index (Phi) is 4.83. The molecule has 0 aromatic heterocycles. The summed E-state index contributed by atoms with van der Waals surface area (Å²) in [5.41, 5.74) is 2.64. The van der Waals surface area contributed by atoms with Crippen molar-refractivity contribution >= 4 is 40.9 Å². The maximum absolute atomic E-state index is 11.8. The first-order valence-corrected chi connectivity index (χ1v) is 6.81. The van der Waals surface area contributed by atoms with Crippen LogP contribution < -0.4 is 5.32 Å². The summed E-state index contributed by atoms with van der Waals surface area (Å²) in [5.74, 6) is -0.255. The summed E-state index contributed by atoms with van der Waals surface area (Å²) in [4.78, 5) is 11.8. The Labute approximate surface area is 128 Å². The highest BCUT2D eigenvalue weighted by molar-refractivity contribution is 6.35. The van der Waals surface area contributed by atoms with Crippen molar-refractivity contribution in [1.29, 1.82) is 0 Å². The van der Waals surface area contributed by atoms with E-state index in [4.69, 9.17) is 23.2 Å². The van der Waals surface area contributed by atoms with Crippen LogP contribution in [-0.2, 0) is 4.79 Å². The van der Waals surface area contributed by atoms with Gasteiger partial charge in [-0.2, -0.15) is 0 Å². The Morgan fingerprint density at radius 1 is 1.10 bits per heavy atom. The molecule has 1 amide bonds. The van der Waals surface area contributed by atoms with E-state index >= 15 is 0 Å². The third kappa shape index (κ3) is 4.12. The van der Waals surface area contributed by atoms with E-state index in [1.165, 1.54) is 11.6 Å². The summed E-state index contributed by atoms with van der Waals surface area (Å²) in [7, 11) is 0. The molecule has 0 spiro atoms. The van der Waals surface area contributed by atoms with Gasteiger partial charge < -0.3 is 5.32 Å². The van der Waals surface area contributed by atoms with Gasteiger partial charge in [-0.1, -0.05) is 53.0 Å². The number of nitrogens with one attached hydrogen (secondary N) is 1. The molecule has 0 unspecified atom stereocenters. The van der Waals surface area contributed by atoms with E-state index in [1.807, 2.05) is 31.2 Å². The Balaban J connectivity index is 2.05. The van der Waals surface area contributed by atoms with Gasteiger partial charge in [0, 0.05) is 11.1 Å². The van der Waals surface area contributed by atoms with Crippen LogP contribution in [0.2, 0.25) is 10.0 Å². The normalized spacial score (nSPS) is 10.8. The van der Waals surface area contributed by atoms with Gasteiger partial charge in [-0.15, -0.1) is 0 Å². The summed E-state index contributed by atoms with van der Waals surface area (Å²) in [6.45, 7) is 2.02. The van der Waals surface area contributed by atoms with Crippen molar-refractivity contribution in [1.82, 2.24) is 0 Å². The fourth-order valence-corrected chi connectivity index (χ4v) is 1.95. The molecule has 0 bridgehead atoms. The van der Waals surface area contributed by atoms with Gasteiger partial charge in [0.1, 0.15) is 0 Å². The first-order chi connectivity index (χ1) is 9.54. The van der Waals surface area contributed by atoms with E-state index < -0.39 is 0 Å². The highest BCUT2D eigenvalue weighted by Crippen LogP contribution is 2.25. The molecule has 0 atom stereocenters. The van der Waals surface area contributed by atoms with Gasteiger partial charge in [0.25, 0.3) is 0 Å². The van der Waals surface area contributed by atoms with E-state index in [1.54, 1.807) is 24.3 Å². The van der Waals surface area contributed by atoms with E-state index in [-0.39, 0.29) is 5.91 Å². The van der Waals surface area contributed by atoms with E-state index in [2.05, 4.69) is 5.32 Å². The third-order valence-electron chi connectivity index (χ3n) is 2.69. The molecule has 0 saturated carbocycles. The molecule has 0 aliphatic carbocycles. The largest absolute Gasteiger partial charge is 0.321 e. The minimum atomic E-state index is -0.255. The molecule has 4 heteroatoms. The average molecular weight is 306 g/mol. The van der Waals surface area contributed by atoms with Crippen molar-refractivity contribution in [3.05, 3.63) is 69.7 Å². The second-order valence-corrected chi connectivity index (χ2v) is 5.20. The zero-order valence-electron chi connectivity index (χ0n) is 10.9. The summed E-state index contributed by atoms with van der Waals surface area (Å²) in [5, 5.41) is 3.66. The highest BCUT2D eigenvalue weighted by Gasteiger charge is 2.03. The lowest BCUT2D eigenvalue weighted by atomic mass is 10.1. The summed E-state index contributed by atoms with van der Waals surface area (Å²) in [6, 6.07) is 12.8. The Bertz CT molecular complexity index is 648. The topological polar surface area (TPSA) is 29.1 Å². The number of hydrogen-bond acceptors (Lipinski definition) is 1. The van der Waals surface area contributed by atoms with Gasteiger partial charge in [0.2, 0.25) is 5.91 Å². The number of amides is 1. The Morgan fingerprint density at radius 3 is 2.50 bits per heavy atom. The van der Waals surface area contributed by atoms with Crippen LogP contribution in [0.5, 0.6) is 0 Å². The molecule has 2 aromatic rings. The van der Waals surface area contributed by atoms with Crippen molar-refractivity contribution in [2.45, 2.75) is 6.92 Å². The average Bonchev–Trinajstić information content (AvgIpc) is 2.42. The summed E-state index contributed by atoms with van der Waals surface area (Å²) < 4.78 is 0. The predicted octanol–water partition coefficient (Wildman–Crippen LogP) is 4.95. The van der Waals surface area contributed by atoms with Crippen LogP contribution >= 0.6 is 23.2 Å². The molecule has 0 aliphatic rings. The second-order valence-electron chi connectivity index (χ2n) is 4.36. The quantitative estimate of drug-likeness (QED) is 0.798. The molecule has 2 aromatic carbocycles. The minimum Gasteiger partial charge on any atom is -0.321 e. The van der Waals surface area contributed by atoms with E-state index in [0.717, 1.165) is 5.56 Å². The number of hydrogen-bond donors (Lipinski definition) is 1. The number of aryl methyl sites for hydroxylation is 1. The van der Waals surface area contributed by atoms with Crippen molar-refractivity contribution in [2.75, 3.05) is 5.32 Å². The van der Waals surface area contributed by atoms with Gasteiger partial charge >= 0.3 is 0 Å². The van der Waals surface area contributed by atoms with Gasteiger partial charge in [0.15, 0.2) is 0 Å². The molecule has 0 saturated heterocycles. The van der Waals surface area contributed by atoms with Crippen LogP contribution in [0, 0.1) is 6.92 Å². The molecule has 0 heterocycles. The molecule has 1 N–H and O–H groups in total. The highest BCUT2D eigenvalue weighted by atomic mass is 35.5. The SMILES string of the molecule is Cc1ccc(/C=C/C(=O)Nc2cc(Cl)ccc2Cl)cc1. The van der Waals surface area contributed by atoms with Crippen molar-refractivity contribution in [3.8, 4) is 0 Å². The summed E-state index contributed by atoms with van der Waals surface area (Å²) in [6.07, 6.45) is 3.20. The lowest BCUT2D eigenvalue weighted by Gasteiger charge is -2.05. The van der Waals surface area contributed by atoms with Gasteiger partial charge in [0.05, 0.1) is 10.7 Å². The fraction of sp³-hybridized carbons (Fsp3) is 0.0625. The number of halogens is 2. The predicted molar refractivity (Wildman–Crippen MR) is 85.3 cm³/mol. The number of carbonyl (C=O) groups excluding carboxylic acids is 1. The van der Waals surface area contributed by atoms with Crippen molar-refractivity contribution < 1.29 is 4.79 Å². The molecule has 2 nitrogen and oxygen atoms in total. The number of benzene rings is 2. The smallest absolute Gasteiger partial charge is 0.248 e. The molecular formula is C16H13Cl2NO. The van der Waals surface area contributed by atoms with Crippen LogP contribution in [0.25, 0.3) is 6.08 Å². The molecule has 20 heavy (non-hydrogen) atoms.